The lowest BCUT2D eigenvalue weighted by Crippen LogP contribution is -2.30. The minimum atomic E-state index is 0.538. The third-order valence-corrected chi connectivity index (χ3v) is 1.99. The molecule has 0 amide bonds. The number of nitrogen functional groups attached to an aromatic ring is 1. The van der Waals surface area contributed by atoms with E-state index in [1.54, 1.807) is 6.20 Å². The average Bonchev–Trinajstić information content (AvgIpc) is 2.20. The van der Waals surface area contributed by atoms with Crippen LogP contribution < -0.4 is 11.1 Å². The van der Waals surface area contributed by atoms with Gasteiger partial charge in [0.25, 0.3) is 0 Å². The lowest BCUT2D eigenvalue weighted by atomic mass is 10.2. The van der Waals surface area contributed by atoms with Crippen LogP contribution in [0.2, 0.25) is 0 Å². The van der Waals surface area contributed by atoms with Crippen LogP contribution in [0, 0.1) is 0 Å². The minimum absolute atomic E-state index is 0.538. The van der Waals surface area contributed by atoms with Crippen LogP contribution >= 0.6 is 0 Å². The number of hydrogen-bond donors (Lipinski definition) is 2. The van der Waals surface area contributed by atoms with Crippen molar-refractivity contribution in [2.45, 2.75) is 6.42 Å². The fraction of sp³-hybridized carbons (Fsp3) is 0.333. The summed E-state index contributed by atoms with van der Waals surface area (Å²) >= 11 is 0. The van der Waals surface area contributed by atoms with Crippen molar-refractivity contribution >= 4 is 11.7 Å². The summed E-state index contributed by atoms with van der Waals surface area (Å²) in [7, 11) is 0. The molecule has 13 heavy (non-hydrogen) atoms. The Morgan fingerprint density at radius 1 is 1.46 bits per heavy atom. The van der Waals surface area contributed by atoms with E-state index in [0.29, 0.717) is 5.82 Å². The Bertz CT molecular complexity index is 332. The molecule has 0 unspecified atom stereocenters. The molecule has 0 saturated heterocycles. The van der Waals surface area contributed by atoms with E-state index in [9.17, 15) is 0 Å². The van der Waals surface area contributed by atoms with Crippen LogP contribution in [-0.2, 0) is 0 Å². The average molecular weight is 176 g/mol. The fourth-order valence-corrected chi connectivity index (χ4v) is 1.33. The maximum Gasteiger partial charge on any atom is 0.134 e. The summed E-state index contributed by atoms with van der Waals surface area (Å²) in [6.45, 7) is 1.84. The number of hydrogen-bond acceptors (Lipinski definition) is 4. The summed E-state index contributed by atoms with van der Waals surface area (Å²) in [6, 6.07) is 3.80. The van der Waals surface area contributed by atoms with Crippen LogP contribution in [0.3, 0.4) is 0 Å². The number of nitrogens with one attached hydrogen (secondary N) is 1. The zero-order valence-corrected chi connectivity index (χ0v) is 7.33. The molecule has 0 radical (unpaired) electrons. The normalized spacial score (nSPS) is 16.2. The number of anilines is 1. The first-order valence-electron chi connectivity index (χ1n) is 4.37. The van der Waals surface area contributed by atoms with Crippen molar-refractivity contribution in [3.63, 3.8) is 0 Å². The first kappa shape index (κ1) is 8.04. The van der Waals surface area contributed by atoms with Gasteiger partial charge in [0.15, 0.2) is 0 Å². The molecular weight excluding hydrogens is 164 g/mol. The van der Waals surface area contributed by atoms with Crippen molar-refractivity contribution in [3.8, 4) is 0 Å². The van der Waals surface area contributed by atoms with Gasteiger partial charge in [-0.2, -0.15) is 0 Å². The van der Waals surface area contributed by atoms with Crippen LogP contribution in [-0.4, -0.2) is 23.9 Å². The summed E-state index contributed by atoms with van der Waals surface area (Å²) in [5.41, 5.74) is 6.62. The van der Waals surface area contributed by atoms with Crippen LogP contribution in [0.25, 0.3) is 0 Å². The molecule has 0 spiro atoms. The molecule has 1 aliphatic heterocycles. The molecule has 3 N–H and O–H groups in total. The monoisotopic (exact) mass is 176 g/mol. The Balaban J connectivity index is 2.34. The van der Waals surface area contributed by atoms with Gasteiger partial charge in [0.2, 0.25) is 0 Å². The molecule has 0 saturated carbocycles. The second-order valence-corrected chi connectivity index (χ2v) is 2.95. The second kappa shape index (κ2) is 3.43. The molecule has 0 bridgehead atoms. The van der Waals surface area contributed by atoms with Crippen molar-refractivity contribution in [1.29, 1.82) is 0 Å². The van der Waals surface area contributed by atoms with E-state index in [1.807, 2.05) is 12.1 Å². The Morgan fingerprint density at radius 2 is 2.38 bits per heavy atom. The number of nitrogens with zero attached hydrogens (tertiary/aromatic N) is 2. The Kier molecular flexibility index (Phi) is 2.12. The summed E-state index contributed by atoms with van der Waals surface area (Å²) < 4.78 is 0. The van der Waals surface area contributed by atoms with Crippen LogP contribution in [0.5, 0.6) is 0 Å². The number of amidine groups is 1. The van der Waals surface area contributed by atoms with Gasteiger partial charge in [-0.3, -0.25) is 4.99 Å². The molecule has 0 atom stereocenters. The van der Waals surface area contributed by atoms with E-state index in [-0.39, 0.29) is 0 Å². The predicted octanol–water partition coefficient (Wildman–Crippen LogP) is 0.404. The number of aliphatic imine (C=N–C) groups is 1. The van der Waals surface area contributed by atoms with Crippen molar-refractivity contribution in [2.24, 2.45) is 4.99 Å². The quantitative estimate of drug-likeness (QED) is 0.651. The van der Waals surface area contributed by atoms with Gasteiger partial charge in [-0.25, -0.2) is 4.98 Å². The lowest BCUT2D eigenvalue weighted by molar-refractivity contribution is 0.742. The topological polar surface area (TPSA) is 63.3 Å². The van der Waals surface area contributed by atoms with E-state index in [4.69, 9.17) is 5.73 Å². The third-order valence-electron chi connectivity index (χ3n) is 1.99. The largest absolute Gasteiger partial charge is 0.383 e. The first-order chi connectivity index (χ1) is 6.38. The van der Waals surface area contributed by atoms with Gasteiger partial charge in [-0.15, -0.1) is 0 Å². The molecule has 4 nitrogen and oxygen atoms in total. The van der Waals surface area contributed by atoms with E-state index in [0.717, 1.165) is 30.9 Å². The number of pyridine rings is 1. The van der Waals surface area contributed by atoms with Crippen molar-refractivity contribution in [2.75, 3.05) is 18.8 Å². The molecule has 0 fully saturated rings. The van der Waals surface area contributed by atoms with Crippen molar-refractivity contribution in [1.82, 2.24) is 10.3 Å². The SMILES string of the molecule is Nc1ncccc1C1=NCCCN1. The Labute approximate surface area is 76.9 Å². The Hall–Kier alpha value is -1.58. The summed E-state index contributed by atoms with van der Waals surface area (Å²) in [5.74, 6) is 1.41. The van der Waals surface area contributed by atoms with E-state index in [2.05, 4.69) is 15.3 Å². The fourth-order valence-electron chi connectivity index (χ4n) is 1.33. The molecular formula is C9H12N4. The molecule has 4 heteroatoms. The van der Waals surface area contributed by atoms with Crippen LogP contribution in [0.4, 0.5) is 5.82 Å². The van der Waals surface area contributed by atoms with Crippen LogP contribution in [0.15, 0.2) is 23.3 Å². The molecule has 1 aromatic heterocycles. The van der Waals surface area contributed by atoms with Gasteiger partial charge in [0.1, 0.15) is 11.7 Å². The van der Waals surface area contributed by atoms with Gasteiger partial charge in [0, 0.05) is 19.3 Å². The van der Waals surface area contributed by atoms with Gasteiger partial charge >= 0.3 is 0 Å². The zero-order valence-electron chi connectivity index (χ0n) is 7.33. The second-order valence-electron chi connectivity index (χ2n) is 2.95. The molecule has 1 aliphatic rings. The highest BCUT2D eigenvalue weighted by molar-refractivity contribution is 6.02. The van der Waals surface area contributed by atoms with Crippen molar-refractivity contribution < 1.29 is 0 Å². The maximum absolute atomic E-state index is 5.72. The van der Waals surface area contributed by atoms with Gasteiger partial charge in [-0.1, -0.05) is 0 Å². The Morgan fingerprint density at radius 3 is 3.08 bits per heavy atom. The van der Waals surface area contributed by atoms with Crippen LogP contribution in [0.1, 0.15) is 12.0 Å². The zero-order chi connectivity index (χ0) is 9.10. The molecule has 68 valence electrons. The molecule has 1 aromatic rings. The third kappa shape index (κ3) is 1.61. The molecule has 0 aromatic carbocycles. The van der Waals surface area contributed by atoms with Gasteiger partial charge in [0.05, 0.1) is 5.56 Å². The number of nitrogens with two attached hydrogens (primary N) is 1. The number of rotatable bonds is 1. The first-order valence-corrected chi connectivity index (χ1v) is 4.37. The smallest absolute Gasteiger partial charge is 0.134 e. The lowest BCUT2D eigenvalue weighted by Gasteiger charge is -2.15. The summed E-state index contributed by atoms with van der Waals surface area (Å²) in [6.07, 6.45) is 2.77. The van der Waals surface area contributed by atoms with Crippen molar-refractivity contribution in [3.05, 3.63) is 23.9 Å². The van der Waals surface area contributed by atoms with E-state index < -0.39 is 0 Å². The summed E-state index contributed by atoms with van der Waals surface area (Å²) in [5, 5.41) is 3.21. The molecule has 0 aliphatic carbocycles. The predicted molar refractivity (Wildman–Crippen MR) is 52.7 cm³/mol. The van der Waals surface area contributed by atoms with Gasteiger partial charge in [-0.05, 0) is 18.6 Å². The van der Waals surface area contributed by atoms with E-state index in [1.165, 1.54) is 0 Å². The maximum atomic E-state index is 5.72. The summed E-state index contributed by atoms with van der Waals surface area (Å²) in [4.78, 5) is 8.36. The standard InChI is InChI=1S/C9H12N4/c10-8-7(3-1-4-11-8)9-12-5-2-6-13-9/h1,3-4H,2,5-6H2,(H2,10,11)(H,12,13). The molecule has 2 rings (SSSR count). The van der Waals surface area contributed by atoms with Gasteiger partial charge < -0.3 is 11.1 Å². The highest BCUT2D eigenvalue weighted by atomic mass is 15.0. The number of aromatic nitrogens is 1. The van der Waals surface area contributed by atoms with E-state index >= 15 is 0 Å². The molecule has 2 heterocycles. The highest BCUT2D eigenvalue weighted by Crippen LogP contribution is 2.08. The minimum Gasteiger partial charge on any atom is -0.383 e. The highest BCUT2D eigenvalue weighted by Gasteiger charge is 2.09.